The number of allylic oxidation sites excluding steroid dienone is 1. The number of likely N-dealkylation sites (tertiary alicyclic amines) is 1. The zero-order chi connectivity index (χ0) is 22.1. The lowest BCUT2D eigenvalue weighted by Crippen LogP contribution is -2.41. The van der Waals surface area contributed by atoms with Crippen molar-refractivity contribution in [1.82, 2.24) is 19.0 Å². The van der Waals surface area contributed by atoms with Crippen molar-refractivity contribution in [3.05, 3.63) is 40.1 Å². The Bertz CT molecular complexity index is 1050. The summed E-state index contributed by atoms with van der Waals surface area (Å²) in [6.45, 7) is 8.20. The molecule has 2 aromatic rings. The van der Waals surface area contributed by atoms with E-state index in [0.29, 0.717) is 25.3 Å². The smallest absolute Gasteiger partial charge is 0.330 e. The molecule has 0 radical (unpaired) electrons. The first-order valence-corrected chi connectivity index (χ1v) is 10.4. The van der Waals surface area contributed by atoms with Crippen molar-refractivity contribution in [3.8, 4) is 0 Å². The zero-order valence-electron chi connectivity index (χ0n) is 18.6. The summed E-state index contributed by atoms with van der Waals surface area (Å²) in [6.07, 6.45) is 4.88. The quantitative estimate of drug-likeness (QED) is 0.614. The summed E-state index contributed by atoms with van der Waals surface area (Å²) >= 11 is 0. The number of aryl methyl sites for hydroxylation is 1. The van der Waals surface area contributed by atoms with Gasteiger partial charge in [0.25, 0.3) is 5.91 Å². The lowest BCUT2D eigenvalue weighted by Gasteiger charge is -2.32. The molecule has 0 saturated carbocycles. The van der Waals surface area contributed by atoms with Crippen molar-refractivity contribution in [1.29, 1.82) is 0 Å². The van der Waals surface area contributed by atoms with Gasteiger partial charge in [-0.3, -0.25) is 18.9 Å². The van der Waals surface area contributed by atoms with Gasteiger partial charge >= 0.3 is 5.69 Å². The monoisotopic (exact) mass is 412 g/mol. The third-order valence-electron chi connectivity index (χ3n) is 5.41. The van der Waals surface area contributed by atoms with Crippen LogP contribution in [0.1, 0.15) is 45.2 Å². The van der Waals surface area contributed by atoms with Gasteiger partial charge in [0, 0.05) is 51.6 Å². The Morgan fingerprint density at radius 2 is 2.10 bits per heavy atom. The second-order valence-electron chi connectivity index (χ2n) is 9.19. The van der Waals surface area contributed by atoms with Gasteiger partial charge in [0.1, 0.15) is 0 Å². The Kier molecular flexibility index (Phi) is 6.14. The summed E-state index contributed by atoms with van der Waals surface area (Å²) < 4.78 is 3.41. The number of nitrogens with two attached hydrogens (primary N) is 1. The first-order chi connectivity index (χ1) is 14.1. The maximum atomic E-state index is 12.8. The van der Waals surface area contributed by atoms with E-state index in [-0.39, 0.29) is 28.6 Å². The molecular formula is C22H32N6O2. The molecule has 1 aliphatic rings. The zero-order valence-corrected chi connectivity index (χ0v) is 18.6. The summed E-state index contributed by atoms with van der Waals surface area (Å²) in [6, 6.07) is 3.97. The number of imidazole rings is 1. The fourth-order valence-corrected chi connectivity index (χ4v) is 3.95. The largest absolute Gasteiger partial charge is 0.394 e. The number of hydrogen-bond acceptors (Lipinski definition) is 5. The van der Waals surface area contributed by atoms with Gasteiger partial charge in [0.15, 0.2) is 5.65 Å². The van der Waals surface area contributed by atoms with E-state index in [9.17, 15) is 9.59 Å². The maximum Gasteiger partial charge on any atom is 0.330 e. The normalized spacial score (nSPS) is 18.5. The number of fused-ring (bicyclic) bond motifs is 1. The molecular weight excluding hydrogens is 380 g/mol. The van der Waals surface area contributed by atoms with Gasteiger partial charge in [-0.05, 0) is 36.5 Å². The maximum absolute atomic E-state index is 12.8. The second-order valence-corrected chi connectivity index (χ2v) is 9.19. The summed E-state index contributed by atoms with van der Waals surface area (Å²) in [7, 11) is 3.40. The van der Waals surface area contributed by atoms with Crippen LogP contribution in [0, 0.1) is 5.41 Å². The van der Waals surface area contributed by atoms with E-state index in [1.165, 1.54) is 12.3 Å². The molecule has 1 unspecified atom stereocenters. The summed E-state index contributed by atoms with van der Waals surface area (Å²) in [5.74, 6) is -0.0646. The summed E-state index contributed by atoms with van der Waals surface area (Å²) in [5, 5.41) is 0. The van der Waals surface area contributed by atoms with Crippen molar-refractivity contribution in [3.63, 3.8) is 0 Å². The van der Waals surface area contributed by atoms with Crippen LogP contribution in [-0.2, 0) is 18.4 Å². The van der Waals surface area contributed by atoms with Gasteiger partial charge in [0.05, 0.1) is 11.2 Å². The number of pyridine rings is 1. The van der Waals surface area contributed by atoms with E-state index in [2.05, 4.69) is 25.8 Å². The number of amides is 1. The highest BCUT2D eigenvalue weighted by atomic mass is 16.2. The highest BCUT2D eigenvalue weighted by Crippen LogP contribution is 2.28. The third-order valence-corrected chi connectivity index (χ3v) is 5.41. The number of rotatable bonds is 4. The van der Waals surface area contributed by atoms with Crippen LogP contribution in [0.4, 0.5) is 0 Å². The van der Waals surface area contributed by atoms with Crippen molar-refractivity contribution in [2.45, 2.75) is 46.1 Å². The number of carbonyl (C=O) groups excluding carboxylic acids is 1. The van der Waals surface area contributed by atoms with Crippen molar-refractivity contribution in [2.75, 3.05) is 20.1 Å². The van der Waals surface area contributed by atoms with E-state index in [4.69, 9.17) is 10.7 Å². The van der Waals surface area contributed by atoms with Crippen LogP contribution >= 0.6 is 0 Å². The molecule has 1 saturated heterocycles. The van der Waals surface area contributed by atoms with E-state index < -0.39 is 0 Å². The van der Waals surface area contributed by atoms with E-state index >= 15 is 0 Å². The van der Waals surface area contributed by atoms with Gasteiger partial charge in [-0.25, -0.2) is 9.78 Å². The molecule has 162 valence electrons. The fraction of sp³-hybridized carbons (Fsp3) is 0.545. The summed E-state index contributed by atoms with van der Waals surface area (Å²) in [5.41, 5.74) is 8.45. The average Bonchev–Trinajstić information content (AvgIpc) is 2.94. The molecule has 8 heteroatoms. The Morgan fingerprint density at radius 1 is 1.37 bits per heavy atom. The van der Waals surface area contributed by atoms with Gasteiger partial charge in [-0.1, -0.05) is 20.8 Å². The highest BCUT2D eigenvalue weighted by Gasteiger charge is 2.27. The lowest BCUT2D eigenvalue weighted by molar-refractivity contribution is -0.128. The van der Waals surface area contributed by atoms with Crippen molar-refractivity contribution < 1.29 is 4.79 Å². The van der Waals surface area contributed by atoms with Gasteiger partial charge in [-0.2, -0.15) is 0 Å². The number of hydrogen-bond donors (Lipinski definition) is 1. The fourth-order valence-electron chi connectivity index (χ4n) is 3.95. The van der Waals surface area contributed by atoms with Crippen LogP contribution < -0.4 is 11.4 Å². The van der Waals surface area contributed by atoms with Crippen LogP contribution in [0.3, 0.4) is 0 Å². The van der Waals surface area contributed by atoms with E-state index in [1.807, 2.05) is 12.1 Å². The number of nitrogens with zero attached hydrogens (tertiary/aromatic N) is 5. The standard InChI is InChI=1S/C22H32N6O2/c1-22(2,3)14-28-18-9-8-17(25-19(18)26(5)21(28)30)15-7-6-12-27(13-15)20(29)16(23)10-11-24-4/h8-11,15H,6-7,12-14,23H2,1-5H3. The molecule has 3 rings (SSSR count). The minimum absolute atomic E-state index is 0.0169. The Labute approximate surface area is 177 Å². The Morgan fingerprint density at radius 3 is 2.77 bits per heavy atom. The topological polar surface area (TPSA) is 98.5 Å². The average molecular weight is 413 g/mol. The molecule has 1 fully saturated rings. The number of carbonyl (C=O) groups is 1. The second kappa shape index (κ2) is 8.45. The minimum atomic E-state index is -0.176. The number of aliphatic imine (C=N–C) groups is 1. The van der Waals surface area contributed by atoms with Gasteiger partial charge < -0.3 is 10.6 Å². The first-order valence-electron chi connectivity index (χ1n) is 10.4. The molecule has 0 bridgehead atoms. The van der Waals surface area contributed by atoms with Crippen LogP contribution in [-0.4, -0.2) is 51.3 Å². The molecule has 0 aliphatic carbocycles. The van der Waals surface area contributed by atoms with Crippen LogP contribution in [0.5, 0.6) is 0 Å². The molecule has 1 amide bonds. The molecule has 1 atom stereocenters. The van der Waals surface area contributed by atoms with Crippen molar-refractivity contribution >= 4 is 23.3 Å². The molecule has 1 aliphatic heterocycles. The van der Waals surface area contributed by atoms with Gasteiger partial charge in [0.2, 0.25) is 0 Å². The SMILES string of the molecule is CN=CC=C(N)C(=O)N1CCCC(c2ccc3c(n2)n(C)c(=O)n3CC(C)(C)C)C1. The Hall–Kier alpha value is -2.90. The number of aromatic nitrogens is 3. The van der Waals surface area contributed by atoms with E-state index in [0.717, 1.165) is 24.1 Å². The van der Waals surface area contributed by atoms with E-state index in [1.54, 1.807) is 28.1 Å². The third kappa shape index (κ3) is 4.47. The van der Waals surface area contributed by atoms with Crippen molar-refractivity contribution in [2.24, 2.45) is 23.2 Å². The predicted octanol–water partition coefficient (Wildman–Crippen LogP) is 2.03. The van der Waals surface area contributed by atoms with Crippen LogP contribution in [0.25, 0.3) is 11.2 Å². The van der Waals surface area contributed by atoms with Gasteiger partial charge in [-0.15, -0.1) is 0 Å². The molecule has 2 aromatic heterocycles. The molecule has 3 heterocycles. The Balaban J connectivity index is 1.89. The minimum Gasteiger partial charge on any atom is -0.394 e. The molecule has 0 aromatic carbocycles. The lowest BCUT2D eigenvalue weighted by atomic mass is 9.94. The molecule has 2 N–H and O–H groups in total. The molecule has 0 spiro atoms. The molecule has 30 heavy (non-hydrogen) atoms. The van der Waals surface area contributed by atoms with Crippen LogP contribution in [0.2, 0.25) is 0 Å². The number of piperidine rings is 1. The summed E-state index contributed by atoms with van der Waals surface area (Å²) in [4.78, 5) is 35.8. The van der Waals surface area contributed by atoms with Crippen LogP contribution in [0.15, 0.2) is 33.7 Å². The molecule has 8 nitrogen and oxygen atoms in total. The predicted molar refractivity (Wildman–Crippen MR) is 120 cm³/mol. The first kappa shape index (κ1) is 21.8. The highest BCUT2D eigenvalue weighted by molar-refractivity contribution is 5.96.